The van der Waals surface area contributed by atoms with Crippen molar-refractivity contribution in [2.24, 2.45) is 0 Å². The molecule has 1 unspecified atom stereocenters. The van der Waals surface area contributed by atoms with Crippen molar-refractivity contribution in [1.29, 1.82) is 0 Å². The lowest BCUT2D eigenvalue weighted by atomic mass is 9.99. The molecule has 1 aromatic rings. The van der Waals surface area contributed by atoms with Gasteiger partial charge in [-0.2, -0.15) is 8.78 Å². The summed E-state index contributed by atoms with van der Waals surface area (Å²) < 4.78 is 49.1. The van der Waals surface area contributed by atoms with Crippen LogP contribution in [0.1, 0.15) is 19.8 Å². The highest BCUT2D eigenvalue weighted by molar-refractivity contribution is 7.91. The minimum Gasteiger partial charge on any atom is -0.480 e. The first-order valence-corrected chi connectivity index (χ1v) is 7.88. The molecule has 1 aliphatic rings. The van der Waals surface area contributed by atoms with Gasteiger partial charge in [0.05, 0.1) is 10.6 Å². The molecule has 0 spiro atoms. The number of sulfone groups is 1. The van der Waals surface area contributed by atoms with Gasteiger partial charge in [0, 0.05) is 6.54 Å². The summed E-state index contributed by atoms with van der Waals surface area (Å²) in [6.07, 6.45) is 0.872. The number of aliphatic carboxylic acids is 1. The van der Waals surface area contributed by atoms with E-state index >= 15 is 0 Å². The van der Waals surface area contributed by atoms with Gasteiger partial charge in [-0.15, -0.1) is 0 Å². The summed E-state index contributed by atoms with van der Waals surface area (Å²) in [7, 11) is -4.79. The SMILES string of the molecule is CC1(C(=O)O)CCCN1c1ccccc1S(=O)(=O)C(F)F. The highest BCUT2D eigenvalue weighted by atomic mass is 32.2. The van der Waals surface area contributed by atoms with E-state index in [1.54, 1.807) is 0 Å². The highest BCUT2D eigenvalue weighted by Crippen LogP contribution is 2.38. The fourth-order valence-corrected chi connectivity index (χ4v) is 3.52. The molecule has 0 bridgehead atoms. The maximum atomic E-state index is 12.8. The Morgan fingerprint density at radius 1 is 1.38 bits per heavy atom. The molecule has 116 valence electrons. The topological polar surface area (TPSA) is 74.7 Å². The molecule has 1 N–H and O–H groups in total. The Kier molecular flexibility index (Phi) is 3.92. The van der Waals surface area contributed by atoms with Gasteiger partial charge in [-0.25, -0.2) is 13.2 Å². The van der Waals surface area contributed by atoms with E-state index in [2.05, 4.69) is 0 Å². The van der Waals surface area contributed by atoms with E-state index in [9.17, 15) is 27.1 Å². The number of carboxylic acid groups (broad SMARTS) is 1. The molecule has 0 radical (unpaired) electrons. The van der Waals surface area contributed by atoms with Crippen LogP contribution >= 0.6 is 0 Å². The average molecular weight is 319 g/mol. The van der Waals surface area contributed by atoms with E-state index < -0.39 is 32.0 Å². The Morgan fingerprint density at radius 3 is 2.57 bits per heavy atom. The first-order valence-electron chi connectivity index (χ1n) is 6.33. The predicted molar refractivity (Wildman–Crippen MR) is 72.3 cm³/mol. The molecule has 1 atom stereocenters. The summed E-state index contributed by atoms with van der Waals surface area (Å²) in [6, 6.07) is 5.28. The Hall–Kier alpha value is -1.70. The molecular formula is C13H15F2NO4S. The number of nitrogens with zero attached hydrogens (tertiary/aromatic N) is 1. The standard InChI is InChI=1S/C13H15F2NO4S/c1-13(11(17)18)7-4-8-16(13)9-5-2-3-6-10(9)21(19,20)12(14)15/h2-3,5-6,12H,4,7-8H2,1H3,(H,17,18). The number of para-hydroxylation sites is 1. The second-order valence-corrected chi connectivity index (χ2v) is 6.99. The van der Waals surface area contributed by atoms with Gasteiger partial charge >= 0.3 is 11.7 Å². The smallest absolute Gasteiger partial charge is 0.341 e. The molecule has 1 fully saturated rings. The van der Waals surface area contributed by atoms with Gasteiger partial charge in [0.25, 0.3) is 0 Å². The fraction of sp³-hybridized carbons (Fsp3) is 0.462. The minimum atomic E-state index is -4.79. The minimum absolute atomic E-state index is 0.0141. The summed E-state index contributed by atoms with van der Waals surface area (Å²) in [5.41, 5.74) is -1.28. The summed E-state index contributed by atoms with van der Waals surface area (Å²) in [5.74, 6) is -4.65. The Balaban J connectivity index is 2.59. The van der Waals surface area contributed by atoms with Gasteiger partial charge in [0.15, 0.2) is 0 Å². The maximum absolute atomic E-state index is 12.8. The van der Waals surface area contributed by atoms with Crippen LogP contribution in [0.5, 0.6) is 0 Å². The van der Waals surface area contributed by atoms with Gasteiger partial charge in [-0.1, -0.05) is 12.1 Å². The number of alkyl halides is 2. The van der Waals surface area contributed by atoms with Gasteiger partial charge in [0.2, 0.25) is 9.84 Å². The Morgan fingerprint density at radius 2 is 2.00 bits per heavy atom. The van der Waals surface area contributed by atoms with Crippen molar-refractivity contribution in [2.45, 2.75) is 36.0 Å². The summed E-state index contributed by atoms with van der Waals surface area (Å²) in [5, 5.41) is 9.37. The number of carboxylic acids is 1. The van der Waals surface area contributed by atoms with Crippen molar-refractivity contribution in [1.82, 2.24) is 0 Å². The molecule has 2 rings (SSSR count). The molecule has 1 aliphatic heterocycles. The zero-order valence-electron chi connectivity index (χ0n) is 11.3. The number of hydrogen-bond acceptors (Lipinski definition) is 4. The fourth-order valence-electron chi connectivity index (χ4n) is 2.59. The number of hydrogen-bond donors (Lipinski definition) is 1. The monoisotopic (exact) mass is 319 g/mol. The lowest BCUT2D eigenvalue weighted by Crippen LogP contribution is -2.48. The molecule has 8 heteroatoms. The summed E-state index contributed by atoms with van der Waals surface area (Å²) in [6.45, 7) is 1.77. The van der Waals surface area contributed by atoms with E-state index in [1.165, 1.54) is 30.0 Å². The Bertz CT molecular complexity index is 662. The third kappa shape index (κ3) is 2.48. The Labute approximate surface area is 121 Å². The number of carbonyl (C=O) groups is 1. The third-order valence-electron chi connectivity index (χ3n) is 3.80. The summed E-state index contributed by atoms with van der Waals surface area (Å²) >= 11 is 0. The molecule has 21 heavy (non-hydrogen) atoms. The molecule has 1 saturated heterocycles. The van der Waals surface area contributed by atoms with E-state index in [4.69, 9.17) is 0 Å². The quantitative estimate of drug-likeness (QED) is 0.920. The zero-order chi connectivity index (χ0) is 15.8. The van der Waals surface area contributed by atoms with Crippen molar-refractivity contribution in [3.05, 3.63) is 24.3 Å². The van der Waals surface area contributed by atoms with Crippen LogP contribution in [0.2, 0.25) is 0 Å². The van der Waals surface area contributed by atoms with Crippen LogP contribution in [0.15, 0.2) is 29.2 Å². The predicted octanol–water partition coefficient (Wildman–Crippen LogP) is 2.13. The van der Waals surface area contributed by atoms with Crippen LogP contribution in [-0.2, 0) is 14.6 Å². The van der Waals surface area contributed by atoms with Crippen LogP contribution in [-0.4, -0.2) is 37.3 Å². The number of benzene rings is 1. The second-order valence-electron chi connectivity index (χ2n) is 5.11. The zero-order valence-corrected chi connectivity index (χ0v) is 12.1. The van der Waals surface area contributed by atoms with E-state index in [-0.39, 0.29) is 5.69 Å². The summed E-state index contributed by atoms with van der Waals surface area (Å²) in [4.78, 5) is 12.3. The first-order chi connectivity index (χ1) is 9.71. The molecular weight excluding hydrogens is 304 g/mol. The average Bonchev–Trinajstić information content (AvgIpc) is 2.82. The molecule has 5 nitrogen and oxygen atoms in total. The van der Waals surface area contributed by atoms with E-state index in [0.29, 0.717) is 19.4 Å². The number of rotatable bonds is 4. The molecule has 0 saturated carbocycles. The van der Waals surface area contributed by atoms with Crippen LogP contribution in [0.25, 0.3) is 0 Å². The van der Waals surface area contributed by atoms with Crippen molar-refractivity contribution in [3.8, 4) is 0 Å². The van der Waals surface area contributed by atoms with Crippen molar-refractivity contribution >= 4 is 21.5 Å². The third-order valence-corrected chi connectivity index (χ3v) is 5.23. The van der Waals surface area contributed by atoms with Crippen LogP contribution in [0.3, 0.4) is 0 Å². The van der Waals surface area contributed by atoms with Crippen LogP contribution < -0.4 is 4.90 Å². The van der Waals surface area contributed by atoms with Gasteiger partial charge in [0.1, 0.15) is 5.54 Å². The van der Waals surface area contributed by atoms with Crippen molar-refractivity contribution in [2.75, 3.05) is 11.4 Å². The largest absolute Gasteiger partial charge is 0.480 e. The van der Waals surface area contributed by atoms with Crippen molar-refractivity contribution in [3.63, 3.8) is 0 Å². The first kappa shape index (κ1) is 15.7. The molecule has 1 heterocycles. The second kappa shape index (κ2) is 5.25. The van der Waals surface area contributed by atoms with E-state index in [1.807, 2.05) is 0 Å². The van der Waals surface area contributed by atoms with Crippen LogP contribution in [0.4, 0.5) is 14.5 Å². The number of halogens is 2. The van der Waals surface area contributed by atoms with Crippen molar-refractivity contribution < 1.29 is 27.1 Å². The van der Waals surface area contributed by atoms with Gasteiger partial charge in [-0.05, 0) is 31.9 Å². The van der Waals surface area contributed by atoms with Crippen LogP contribution in [0, 0.1) is 0 Å². The molecule has 1 aromatic carbocycles. The molecule has 0 aliphatic carbocycles. The normalized spacial score (nSPS) is 22.8. The van der Waals surface area contributed by atoms with Gasteiger partial charge in [-0.3, -0.25) is 0 Å². The molecule has 0 aromatic heterocycles. The molecule has 0 amide bonds. The maximum Gasteiger partial charge on any atom is 0.341 e. The number of anilines is 1. The highest BCUT2D eigenvalue weighted by Gasteiger charge is 2.45. The lowest BCUT2D eigenvalue weighted by Gasteiger charge is -2.34. The lowest BCUT2D eigenvalue weighted by molar-refractivity contribution is -0.142. The van der Waals surface area contributed by atoms with Gasteiger partial charge < -0.3 is 10.0 Å². The van der Waals surface area contributed by atoms with E-state index in [0.717, 1.165) is 6.07 Å².